The highest BCUT2D eigenvalue weighted by Gasteiger charge is 2.34. The van der Waals surface area contributed by atoms with Crippen molar-refractivity contribution in [1.29, 1.82) is 0 Å². The molecule has 1 aliphatic heterocycles. The first kappa shape index (κ1) is 18.2. The second-order valence-corrected chi connectivity index (χ2v) is 7.12. The Labute approximate surface area is 133 Å². The van der Waals surface area contributed by atoms with Gasteiger partial charge in [-0.05, 0) is 44.5 Å². The third-order valence-corrected chi connectivity index (χ3v) is 5.93. The highest BCUT2D eigenvalue weighted by Crippen LogP contribution is 2.26. The first-order valence-corrected chi connectivity index (χ1v) is 8.22. The van der Waals surface area contributed by atoms with Gasteiger partial charge >= 0.3 is 0 Å². The van der Waals surface area contributed by atoms with E-state index in [0.29, 0.717) is 23.7 Å². The normalized spacial score (nSPS) is 23.4. The summed E-state index contributed by atoms with van der Waals surface area (Å²) in [5.41, 5.74) is 0.824. The number of piperazine rings is 1. The molecule has 1 N–H and O–H groups in total. The van der Waals surface area contributed by atoms with Gasteiger partial charge in [-0.3, -0.25) is 0 Å². The van der Waals surface area contributed by atoms with E-state index in [1.165, 1.54) is 0 Å². The summed E-state index contributed by atoms with van der Waals surface area (Å²) < 4.78 is 32.3. The first-order chi connectivity index (χ1) is 9.37. The number of nitrogens with zero attached hydrogens (tertiary/aromatic N) is 1. The smallest absolute Gasteiger partial charge is 0.243 e. The zero-order valence-electron chi connectivity index (χ0n) is 12.8. The van der Waals surface area contributed by atoms with E-state index in [1.807, 2.05) is 20.8 Å². The van der Waals surface area contributed by atoms with Crippen LogP contribution in [0.1, 0.15) is 19.4 Å². The molecule has 2 rings (SSSR count). The molecule has 0 radical (unpaired) electrons. The van der Waals surface area contributed by atoms with Gasteiger partial charge in [-0.15, -0.1) is 12.4 Å². The van der Waals surface area contributed by atoms with Gasteiger partial charge in [0, 0.05) is 25.2 Å². The predicted molar refractivity (Wildman–Crippen MR) is 85.8 cm³/mol. The van der Waals surface area contributed by atoms with Gasteiger partial charge < -0.3 is 10.1 Å². The molecule has 1 heterocycles. The molecule has 1 aromatic rings. The Morgan fingerprint density at radius 2 is 2.00 bits per heavy atom. The fraction of sp³-hybridized carbons (Fsp3) is 0.571. The highest BCUT2D eigenvalue weighted by atomic mass is 35.5. The lowest BCUT2D eigenvalue weighted by atomic mass is 10.1. The van der Waals surface area contributed by atoms with Crippen LogP contribution in [-0.4, -0.2) is 45.0 Å². The van der Waals surface area contributed by atoms with Gasteiger partial charge in [0.25, 0.3) is 0 Å². The van der Waals surface area contributed by atoms with Gasteiger partial charge in [0.2, 0.25) is 10.0 Å². The Morgan fingerprint density at radius 3 is 2.57 bits per heavy atom. The summed E-state index contributed by atoms with van der Waals surface area (Å²) in [5, 5.41) is 3.29. The van der Waals surface area contributed by atoms with Gasteiger partial charge in [-0.1, -0.05) is 0 Å². The fourth-order valence-electron chi connectivity index (χ4n) is 2.51. The summed E-state index contributed by atoms with van der Waals surface area (Å²) >= 11 is 0. The van der Waals surface area contributed by atoms with Crippen LogP contribution in [0.2, 0.25) is 0 Å². The van der Waals surface area contributed by atoms with Crippen LogP contribution in [0.5, 0.6) is 5.75 Å². The van der Waals surface area contributed by atoms with Gasteiger partial charge in [-0.2, -0.15) is 4.31 Å². The lowest BCUT2D eigenvalue weighted by Crippen LogP contribution is -2.57. The molecule has 0 bridgehead atoms. The third-order valence-electron chi connectivity index (χ3n) is 3.95. The zero-order chi connectivity index (χ0) is 14.9. The maximum absolute atomic E-state index is 12.8. The first-order valence-electron chi connectivity index (χ1n) is 6.78. The summed E-state index contributed by atoms with van der Waals surface area (Å²) in [6.07, 6.45) is 0. The third kappa shape index (κ3) is 3.51. The van der Waals surface area contributed by atoms with E-state index in [9.17, 15) is 8.42 Å². The number of halogens is 1. The maximum Gasteiger partial charge on any atom is 0.243 e. The molecule has 0 spiro atoms. The number of hydrogen-bond acceptors (Lipinski definition) is 4. The molecular formula is C14H23ClN2O3S. The summed E-state index contributed by atoms with van der Waals surface area (Å²) in [4.78, 5) is 0.330. The van der Waals surface area contributed by atoms with E-state index in [1.54, 1.807) is 29.6 Å². The van der Waals surface area contributed by atoms with Crippen LogP contribution < -0.4 is 10.1 Å². The van der Waals surface area contributed by atoms with Crippen molar-refractivity contribution in [1.82, 2.24) is 9.62 Å². The number of aryl methyl sites for hydroxylation is 1. The average molecular weight is 335 g/mol. The number of hydrogen-bond donors (Lipinski definition) is 1. The quantitative estimate of drug-likeness (QED) is 0.915. The molecule has 1 saturated heterocycles. The van der Waals surface area contributed by atoms with Crippen molar-refractivity contribution in [2.45, 2.75) is 37.8 Å². The minimum Gasteiger partial charge on any atom is -0.496 e. The number of benzene rings is 1. The highest BCUT2D eigenvalue weighted by molar-refractivity contribution is 7.89. The molecule has 0 saturated carbocycles. The van der Waals surface area contributed by atoms with Crippen LogP contribution in [0, 0.1) is 6.92 Å². The number of nitrogens with one attached hydrogen (secondary N) is 1. The van der Waals surface area contributed by atoms with Crippen LogP contribution in [0.15, 0.2) is 23.1 Å². The standard InChI is InChI=1S/C14H22N2O3S.ClH/c1-10-9-13(5-6-14(10)19-4)20(17,18)16-8-7-15-11(2)12(16)3;/h5-6,9,11-12,15H,7-8H2,1-4H3;1H. The average Bonchev–Trinajstić information content (AvgIpc) is 2.41. The minimum atomic E-state index is -3.45. The molecule has 1 aromatic carbocycles. The van der Waals surface area contributed by atoms with Crippen molar-refractivity contribution >= 4 is 22.4 Å². The van der Waals surface area contributed by atoms with E-state index < -0.39 is 10.0 Å². The van der Waals surface area contributed by atoms with Crippen molar-refractivity contribution in [3.8, 4) is 5.75 Å². The van der Waals surface area contributed by atoms with E-state index in [2.05, 4.69) is 5.32 Å². The largest absolute Gasteiger partial charge is 0.496 e. The van der Waals surface area contributed by atoms with Gasteiger partial charge in [-0.25, -0.2) is 8.42 Å². The fourth-order valence-corrected chi connectivity index (χ4v) is 4.30. The molecule has 1 fully saturated rings. The van der Waals surface area contributed by atoms with Crippen LogP contribution in [0.3, 0.4) is 0 Å². The number of rotatable bonds is 3. The van der Waals surface area contributed by atoms with E-state index in [4.69, 9.17) is 4.74 Å². The lowest BCUT2D eigenvalue weighted by molar-refractivity contribution is 0.233. The molecule has 7 heteroatoms. The summed E-state index contributed by atoms with van der Waals surface area (Å²) in [6.45, 7) is 6.97. The predicted octanol–water partition coefficient (Wildman–Crippen LogP) is 1.80. The topological polar surface area (TPSA) is 58.6 Å². The Morgan fingerprint density at radius 1 is 1.33 bits per heavy atom. The van der Waals surface area contributed by atoms with Crippen molar-refractivity contribution in [2.75, 3.05) is 20.2 Å². The Bertz CT molecular complexity index is 592. The van der Waals surface area contributed by atoms with Crippen LogP contribution in [0.25, 0.3) is 0 Å². The maximum atomic E-state index is 12.8. The molecule has 1 aliphatic rings. The minimum absolute atomic E-state index is 0. The summed E-state index contributed by atoms with van der Waals surface area (Å²) in [7, 11) is -1.87. The van der Waals surface area contributed by atoms with E-state index >= 15 is 0 Å². The van der Waals surface area contributed by atoms with Crippen molar-refractivity contribution < 1.29 is 13.2 Å². The van der Waals surface area contributed by atoms with Gasteiger partial charge in [0.1, 0.15) is 5.75 Å². The molecule has 5 nitrogen and oxygen atoms in total. The SMILES string of the molecule is COc1ccc(S(=O)(=O)N2CCNC(C)C2C)cc1C.Cl. The van der Waals surface area contributed by atoms with Crippen LogP contribution >= 0.6 is 12.4 Å². The van der Waals surface area contributed by atoms with Gasteiger partial charge in [0.15, 0.2) is 0 Å². The van der Waals surface area contributed by atoms with E-state index in [-0.39, 0.29) is 24.5 Å². The molecule has 2 unspecified atom stereocenters. The van der Waals surface area contributed by atoms with Gasteiger partial charge in [0.05, 0.1) is 12.0 Å². The molecule has 0 amide bonds. The monoisotopic (exact) mass is 334 g/mol. The van der Waals surface area contributed by atoms with Crippen molar-refractivity contribution in [2.24, 2.45) is 0 Å². The van der Waals surface area contributed by atoms with Crippen molar-refractivity contribution in [3.63, 3.8) is 0 Å². The zero-order valence-corrected chi connectivity index (χ0v) is 14.4. The number of methoxy groups -OCH3 is 1. The number of ether oxygens (including phenoxy) is 1. The second-order valence-electron chi connectivity index (χ2n) is 5.23. The molecular weight excluding hydrogens is 312 g/mol. The van der Waals surface area contributed by atoms with Crippen LogP contribution in [-0.2, 0) is 10.0 Å². The Kier molecular flexibility index (Phi) is 6.04. The molecule has 0 aromatic heterocycles. The second kappa shape index (κ2) is 6.96. The molecule has 0 aliphatic carbocycles. The summed E-state index contributed by atoms with van der Waals surface area (Å²) in [5.74, 6) is 0.700. The molecule has 2 atom stereocenters. The lowest BCUT2D eigenvalue weighted by Gasteiger charge is -2.37. The molecule has 120 valence electrons. The Balaban J connectivity index is 0.00000220. The van der Waals surface area contributed by atoms with E-state index in [0.717, 1.165) is 5.56 Å². The number of sulfonamides is 1. The Hall–Kier alpha value is -0.820. The summed E-state index contributed by atoms with van der Waals surface area (Å²) in [6, 6.07) is 5.08. The van der Waals surface area contributed by atoms with Crippen molar-refractivity contribution in [3.05, 3.63) is 23.8 Å². The van der Waals surface area contributed by atoms with Crippen LogP contribution in [0.4, 0.5) is 0 Å². The molecule has 21 heavy (non-hydrogen) atoms.